The monoisotopic (exact) mass is 422 g/mol. The zero-order valence-electron chi connectivity index (χ0n) is 18.6. The van der Waals surface area contributed by atoms with E-state index in [0.717, 1.165) is 56.1 Å². The lowest BCUT2D eigenvalue weighted by atomic mass is 9.98. The van der Waals surface area contributed by atoms with Crippen LogP contribution in [-0.4, -0.2) is 26.6 Å². The summed E-state index contributed by atoms with van der Waals surface area (Å²) in [6.07, 6.45) is 12.4. The number of aryl methyl sites for hydroxylation is 1. The SMILES string of the molecule is CCCCCCCCn1c(N)c(C(=O)OC2CCCCC2)c2nc3ccccc3nc21. The first kappa shape index (κ1) is 21.6. The molecule has 3 aromatic rings. The maximum absolute atomic E-state index is 13.2. The highest BCUT2D eigenvalue weighted by molar-refractivity contribution is 6.08. The van der Waals surface area contributed by atoms with Crippen molar-refractivity contribution in [2.24, 2.45) is 0 Å². The van der Waals surface area contributed by atoms with E-state index in [-0.39, 0.29) is 12.1 Å². The minimum Gasteiger partial charge on any atom is -0.459 e. The van der Waals surface area contributed by atoms with Crippen molar-refractivity contribution in [3.63, 3.8) is 0 Å². The third-order valence-corrected chi connectivity index (χ3v) is 6.36. The second kappa shape index (κ2) is 10.1. The van der Waals surface area contributed by atoms with E-state index in [2.05, 4.69) is 6.92 Å². The Morgan fingerprint density at radius 3 is 2.45 bits per heavy atom. The summed E-state index contributed by atoms with van der Waals surface area (Å²) in [6.45, 7) is 2.96. The number of unbranched alkanes of at least 4 members (excludes halogenated alkanes) is 5. The number of para-hydroxylation sites is 2. The van der Waals surface area contributed by atoms with Crippen LogP contribution in [0, 0.1) is 0 Å². The first-order valence-corrected chi connectivity index (χ1v) is 11.9. The molecule has 0 radical (unpaired) electrons. The van der Waals surface area contributed by atoms with Crippen molar-refractivity contribution in [3.05, 3.63) is 29.8 Å². The quantitative estimate of drug-likeness (QED) is 0.337. The number of rotatable bonds is 9. The Morgan fingerprint density at radius 2 is 1.71 bits per heavy atom. The van der Waals surface area contributed by atoms with Gasteiger partial charge in [-0.15, -0.1) is 0 Å². The van der Waals surface area contributed by atoms with Gasteiger partial charge in [-0.3, -0.25) is 0 Å². The van der Waals surface area contributed by atoms with Crippen LogP contribution in [0.3, 0.4) is 0 Å². The first-order valence-electron chi connectivity index (χ1n) is 11.9. The molecule has 0 unspecified atom stereocenters. The molecule has 0 bridgehead atoms. The van der Waals surface area contributed by atoms with E-state index in [1.807, 2.05) is 28.8 Å². The van der Waals surface area contributed by atoms with Crippen LogP contribution >= 0.6 is 0 Å². The number of esters is 1. The molecule has 0 amide bonds. The molecular formula is C25H34N4O2. The largest absolute Gasteiger partial charge is 0.459 e. The molecule has 1 aromatic carbocycles. The van der Waals surface area contributed by atoms with E-state index in [0.29, 0.717) is 22.5 Å². The minimum absolute atomic E-state index is 0.0222. The molecule has 4 rings (SSSR count). The molecule has 1 saturated carbocycles. The van der Waals surface area contributed by atoms with Crippen molar-refractivity contribution in [2.45, 2.75) is 90.2 Å². The van der Waals surface area contributed by atoms with Gasteiger partial charge in [0.2, 0.25) is 0 Å². The lowest BCUT2D eigenvalue weighted by Crippen LogP contribution is -2.21. The van der Waals surface area contributed by atoms with Crippen LogP contribution in [-0.2, 0) is 11.3 Å². The third-order valence-electron chi connectivity index (χ3n) is 6.36. The summed E-state index contributed by atoms with van der Waals surface area (Å²) in [6, 6.07) is 7.74. The number of hydrogen-bond donors (Lipinski definition) is 1. The number of nitrogens with two attached hydrogens (primary N) is 1. The molecular weight excluding hydrogens is 388 g/mol. The molecule has 0 aliphatic heterocycles. The Balaban J connectivity index is 1.64. The number of nitrogen functional groups attached to an aromatic ring is 1. The fourth-order valence-corrected chi connectivity index (χ4v) is 4.59. The number of ether oxygens (including phenoxy) is 1. The highest BCUT2D eigenvalue weighted by Crippen LogP contribution is 2.30. The number of carbonyl (C=O) groups excluding carboxylic acids is 1. The Bertz CT molecular complexity index is 1040. The van der Waals surface area contributed by atoms with Crippen molar-refractivity contribution < 1.29 is 9.53 Å². The molecule has 1 aliphatic carbocycles. The molecule has 0 saturated heterocycles. The van der Waals surface area contributed by atoms with Crippen molar-refractivity contribution in [2.75, 3.05) is 5.73 Å². The van der Waals surface area contributed by atoms with Crippen molar-refractivity contribution in [1.82, 2.24) is 14.5 Å². The summed E-state index contributed by atoms with van der Waals surface area (Å²) >= 11 is 0. The Hall–Kier alpha value is -2.63. The average molecular weight is 423 g/mol. The molecule has 1 fully saturated rings. The zero-order chi connectivity index (χ0) is 21.6. The fourth-order valence-electron chi connectivity index (χ4n) is 4.59. The molecule has 0 spiro atoms. The highest BCUT2D eigenvalue weighted by atomic mass is 16.5. The van der Waals surface area contributed by atoms with E-state index in [1.165, 1.54) is 32.1 Å². The van der Waals surface area contributed by atoms with Crippen LogP contribution in [0.4, 0.5) is 5.82 Å². The maximum atomic E-state index is 13.2. The Kier molecular flexibility index (Phi) is 7.05. The van der Waals surface area contributed by atoms with Crippen LogP contribution in [0.5, 0.6) is 0 Å². The molecule has 2 N–H and O–H groups in total. The summed E-state index contributed by atoms with van der Waals surface area (Å²) in [7, 11) is 0. The van der Waals surface area contributed by atoms with E-state index in [4.69, 9.17) is 20.4 Å². The lowest BCUT2D eigenvalue weighted by molar-refractivity contribution is 0.0214. The van der Waals surface area contributed by atoms with Crippen molar-refractivity contribution >= 4 is 34.0 Å². The van der Waals surface area contributed by atoms with Crippen LogP contribution in [0.15, 0.2) is 24.3 Å². The van der Waals surface area contributed by atoms with Gasteiger partial charge < -0.3 is 15.0 Å². The molecule has 2 heterocycles. The number of nitrogens with zero attached hydrogens (tertiary/aromatic N) is 3. The molecule has 6 heteroatoms. The van der Waals surface area contributed by atoms with E-state index in [9.17, 15) is 4.79 Å². The number of fused-ring (bicyclic) bond motifs is 2. The van der Waals surface area contributed by atoms with E-state index in [1.54, 1.807) is 0 Å². The smallest absolute Gasteiger partial charge is 0.344 e. The van der Waals surface area contributed by atoms with Crippen LogP contribution in [0.1, 0.15) is 87.9 Å². The number of benzene rings is 1. The van der Waals surface area contributed by atoms with Gasteiger partial charge in [0.25, 0.3) is 0 Å². The number of carbonyl (C=O) groups is 1. The summed E-state index contributed by atoms with van der Waals surface area (Å²) in [4.78, 5) is 22.8. The second-order valence-corrected chi connectivity index (χ2v) is 8.73. The molecule has 1 aliphatic rings. The zero-order valence-corrected chi connectivity index (χ0v) is 18.6. The fraction of sp³-hybridized carbons (Fsp3) is 0.560. The van der Waals surface area contributed by atoms with Gasteiger partial charge in [-0.2, -0.15) is 0 Å². The third kappa shape index (κ3) is 4.83. The van der Waals surface area contributed by atoms with Gasteiger partial charge >= 0.3 is 5.97 Å². The molecule has 166 valence electrons. The molecule has 6 nitrogen and oxygen atoms in total. The van der Waals surface area contributed by atoms with Gasteiger partial charge in [0.15, 0.2) is 5.65 Å². The summed E-state index contributed by atoms with van der Waals surface area (Å²) in [5, 5.41) is 0. The summed E-state index contributed by atoms with van der Waals surface area (Å²) in [5.74, 6) is 0.0698. The van der Waals surface area contributed by atoms with Crippen molar-refractivity contribution in [1.29, 1.82) is 0 Å². The van der Waals surface area contributed by atoms with Gasteiger partial charge in [-0.1, -0.05) is 57.6 Å². The summed E-state index contributed by atoms with van der Waals surface area (Å²) < 4.78 is 7.83. The normalized spacial score (nSPS) is 15.0. The number of aromatic nitrogens is 3. The number of hydrogen-bond acceptors (Lipinski definition) is 5. The van der Waals surface area contributed by atoms with Gasteiger partial charge in [-0.05, 0) is 44.2 Å². The second-order valence-electron chi connectivity index (χ2n) is 8.73. The topological polar surface area (TPSA) is 83.0 Å². The molecule has 31 heavy (non-hydrogen) atoms. The molecule has 0 atom stereocenters. The minimum atomic E-state index is -0.360. The van der Waals surface area contributed by atoms with E-state index >= 15 is 0 Å². The predicted molar refractivity (Wildman–Crippen MR) is 125 cm³/mol. The molecule has 2 aromatic heterocycles. The highest BCUT2D eigenvalue weighted by Gasteiger charge is 2.27. The average Bonchev–Trinajstić information content (AvgIpc) is 3.05. The van der Waals surface area contributed by atoms with Crippen LogP contribution < -0.4 is 5.73 Å². The van der Waals surface area contributed by atoms with Gasteiger partial charge in [0.1, 0.15) is 23.0 Å². The van der Waals surface area contributed by atoms with Gasteiger partial charge in [-0.25, -0.2) is 14.8 Å². The van der Waals surface area contributed by atoms with E-state index < -0.39 is 0 Å². The predicted octanol–water partition coefficient (Wildman–Crippen LogP) is 6.02. The maximum Gasteiger partial charge on any atom is 0.344 e. The standard InChI is InChI=1S/C25H34N4O2/c1-2-3-4-5-6-12-17-29-23(26)21(25(30)31-18-13-8-7-9-14-18)22-24(29)28-20-16-11-10-15-19(20)27-22/h10-11,15-16,18H,2-9,12-14,17,26H2,1H3. The summed E-state index contributed by atoms with van der Waals surface area (Å²) in [5.41, 5.74) is 9.72. The van der Waals surface area contributed by atoms with Gasteiger partial charge in [0, 0.05) is 6.54 Å². The van der Waals surface area contributed by atoms with Gasteiger partial charge in [0.05, 0.1) is 11.0 Å². The Morgan fingerprint density at radius 1 is 1.03 bits per heavy atom. The lowest BCUT2D eigenvalue weighted by Gasteiger charge is -2.21. The van der Waals surface area contributed by atoms with Crippen LogP contribution in [0.2, 0.25) is 0 Å². The van der Waals surface area contributed by atoms with Crippen molar-refractivity contribution in [3.8, 4) is 0 Å². The first-order chi connectivity index (χ1) is 15.2. The number of anilines is 1. The Labute approximate surface area is 184 Å². The van der Waals surface area contributed by atoms with Crippen LogP contribution in [0.25, 0.3) is 22.2 Å².